The Morgan fingerprint density at radius 2 is 1.82 bits per heavy atom. The number of anilines is 2. The van der Waals surface area contributed by atoms with Crippen molar-refractivity contribution >= 4 is 61.9 Å². The molecule has 9 heteroatoms. The first-order valence-corrected chi connectivity index (χ1v) is 15.3. The fourth-order valence-electron chi connectivity index (χ4n) is 5.86. The van der Waals surface area contributed by atoms with Gasteiger partial charge in [0, 0.05) is 31.2 Å². The molecular formula is C31H29ClN6S2. The van der Waals surface area contributed by atoms with Crippen LogP contribution in [0.25, 0.3) is 15.3 Å². The fraction of sp³-hybridized carbons (Fsp3) is 0.258. The number of hydrogen-bond acceptors (Lipinski definition) is 5. The molecule has 0 radical (unpaired) electrons. The Hall–Kier alpha value is -3.46. The van der Waals surface area contributed by atoms with Gasteiger partial charge in [-0.1, -0.05) is 48.1 Å². The van der Waals surface area contributed by atoms with Gasteiger partial charge in [0.2, 0.25) is 0 Å². The van der Waals surface area contributed by atoms with Gasteiger partial charge in [-0.25, -0.2) is 4.98 Å². The molecular weight excluding hydrogens is 556 g/mol. The third kappa shape index (κ3) is 4.54. The van der Waals surface area contributed by atoms with E-state index in [1.54, 1.807) is 11.3 Å². The van der Waals surface area contributed by atoms with Crippen molar-refractivity contribution in [1.82, 2.24) is 19.9 Å². The van der Waals surface area contributed by atoms with Gasteiger partial charge < -0.3 is 15.1 Å². The Kier molecular flexibility index (Phi) is 6.70. The molecule has 202 valence electrons. The highest BCUT2D eigenvalue weighted by molar-refractivity contribution is 7.80. The van der Waals surface area contributed by atoms with Gasteiger partial charge in [0.15, 0.2) is 10.2 Å². The molecule has 2 aromatic carbocycles. The first-order valence-electron chi connectivity index (χ1n) is 13.6. The van der Waals surface area contributed by atoms with E-state index in [0.717, 1.165) is 62.1 Å². The van der Waals surface area contributed by atoms with Crippen molar-refractivity contribution in [2.75, 3.05) is 22.9 Å². The third-order valence-electron chi connectivity index (χ3n) is 8.00. The zero-order chi connectivity index (χ0) is 27.2. The first kappa shape index (κ1) is 25.5. The number of thiocarbonyl (C=S) groups is 1. The number of halogens is 1. The van der Waals surface area contributed by atoms with E-state index in [2.05, 4.69) is 87.4 Å². The molecule has 2 saturated heterocycles. The number of pyridine rings is 1. The van der Waals surface area contributed by atoms with Crippen LogP contribution in [0.1, 0.15) is 43.2 Å². The molecule has 0 amide bonds. The summed E-state index contributed by atoms with van der Waals surface area (Å²) in [6.07, 6.45) is 6.29. The summed E-state index contributed by atoms with van der Waals surface area (Å²) in [5.41, 5.74) is 5.05. The maximum absolute atomic E-state index is 6.97. The highest BCUT2D eigenvalue weighted by Gasteiger charge is 2.42. The lowest BCUT2D eigenvalue weighted by Gasteiger charge is -2.33. The molecule has 1 N–H and O–H groups in total. The lowest BCUT2D eigenvalue weighted by atomic mass is 9.98. The Balaban J connectivity index is 1.31. The summed E-state index contributed by atoms with van der Waals surface area (Å²) in [5.74, 6) is 0.762. The molecule has 2 fully saturated rings. The largest absolute Gasteiger partial charge is 0.370 e. The van der Waals surface area contributed by atoms with E-state index in [1.165, 1.54) is 12.8 Å². The van der Waals surface area contributed by atoms with Gasteiger partial charge in [0.1, 0.15) is 6.04 Å². The molecule has 7 rings (SSSR count). The lowest BCUT2D eigenvalue weighted by molar-refractivity contribution is 0.438. The van der Waals surface area contributed by atoms with Crippen LogP contribution in [0.5, 0.6) is 0 Å². The zero-order valence-corrected chi connectivity index (χ0v) is 24.5. The summed E-state index contributed by atoms with van der Waals surface area (Å²) < 4.78 is 3.34. The molecule has 2 aliphatic rings. The molecule has 40 heavy (non-hydrogen) atoms. The van der Waals surface area contributed by atoms with Gasteiger partial charge in [-0.2, -0.15) is 0 Å². The van der Waals surface area contributed by atoms with Crippen LogP contribution in [0, 0.1) is 5.92 Å². The molecule has 2 atom stereocenters. The normalized spacial score (nSPS) is 19.9. The standard InChI is InChI=1S/C31H29ClN6S2/c1-20-13-17-36(18-14-20)25-12-11-21(19-22(25)32)38-29(28(35-30(38)39)24-8-4-5-15-33-24)26-9-6-16-37(26)31-34-23-7-2-3-10-27(23)40-31/h2-12,15-16,19-20,28-29H,13-14,17-18H2,1H3,(H,35,39)/t28-,29+/m1/s1. The number of hydrogen-bond donors (Lipinski definition) is 1. The minimum Gasteiger partial charge on any atom is -0.370 e. The summed E-state index contributed by atoms with van der Waals surface area (Å²) in [7, 11) is 0. The van der Waals surface area contributed by atoms with Crippen LogP contribution in [0.2, 0.25) is 5.02 Å². The number of nitrogens with zero attached hydrogens (tertiary/aromatic N) is 5. The van der Waals surface area contributed by atoms with Crippen LogP contribution in [-0.2, 0) is 0 Å². The van der Waals surface area contributed by atoms with E-state index < -0.39 is 0 Å². The van der Waals surface area contributed by atoms with E-state index in [9.17, 15) is 0 Å². The highest BCUT2D eigenvalue weighted by atomic mass is 35.5. The third-order valence-corrected chi connectivity index (χ3v) is 9.66. The second kappa shape index (κ2) is 10.5. The number of thiazole rings is 1. The predicted octanol–water partition coefficient (Wildman–Crippen LogP) is 7.55. The fourth-order valence-corrected chi connectivity index (χ4v) is 7.47. The van der Waals surface area contributed by atoms with E-state index >= 15 is 0 Å². The van der Waals surface area contributed by atoms with E-state index in [-0.39, 0.29) is 12.1 Å². The van der Waals surface area contributed by atoms with Gasteiger partial charge in [0.05, 0.1) is 38.4 Å². The molecule has 0 bridgehead atoms. The maximum atomic E-state index is 6.97. The van der Waals surface area contributed by atoms with Crippen molar-refractivity contribution < 1.29 is 0 Å². The second-order valence-corrected chi connectivity index (χ2v) is 12.4. The average molecular weight is 585 g/mol. The summed E-state index contributed by atoms with van der Waals surface area (Å²) in [6, 6.07) is 24.5. The molecule has 6 nitrogen and oxygen atoms in total. The summed E-state index contributed by atoms with van der Waals surface area (Å²) in [4.78, 5) is 14.3. The minimum atomic E-state index is -0.165. The van der Waals surface area contributed by atoms with Crippen LogP contribution < -0.4 is 15.1 Å². The number of piperidine rings is 1. The van der Waals surface area contributed by atoms with Crippen molar-refractivity contribution in [1.29, 1.82) is 0 Å². The molecule has 0 spiro atoms. The predicted molar refractivity (Wildman–Crippen MR) is 169 cm³/mol. The first-order chi connectivity index (χ1) is 19.6. The number of fused-ring (bicyclic) bond motifs is 1. The molecule has 5 heterocycles. The number of rotatable bonds is 5. The second-order valence-electron chi connectivity index (χ2n) is 10.6. The van der Waals surface area contributed by atoms with Crippen molar-refractivity contribution in [2.24, 2.45) is 5.92 Å². The van der Waals surface area contributed by atoms with Crippen LogP contribution in [0.3, 0.4) is 0 Å². The quantitative estimate of drug-likeness (QED) is 0.215. The van der Waals surface area contributed by atoms with Crippen LogP contribution in [0.4, 0.5) is 11.4 Å². The molecule has 0 saturated carbocycles. The highest BCUT2D eigenvalue weighted by Crippen LogP contribution is 2.44. The van der Waals surface area contributed by atoms with Gasteiger partial charge >= 0.3 is 0 Å². The monoisotopic (exact) mass is 584 g/mol. The minimum absolute atomic E-state index is 0.154. The number of benzene rings is 2. The van der Waals surface area contributed by atoms with E-state index in [1.807, 2.05) is 24.4 Å². The Morgan fingerprint density at radius 3 is 2.60 bits per heavy atom. The molecule has 0 unspecified atom stereocenters. The van der Waals surface area contributed by atoms with Gasteiger partial charge in [-0.3, -0.25) is 9.55 Å². The van der Waals surface area contributed by atoms with Crippen LogP contribution in [0.15, 0.2) is 85.2 Å². The topological polar surface area (TPSA) is 49.2 Å². The number of para-hydroxylation sites is 1. The number of aromatic nitrogens is 3. The summed E-state index contributed by atoms with van der Waals surface area (Å²) >= 11 is 14.6. The van der Waals surface area contributed by atoms with Crippen molar-refractivity contribution in [3.05, 3.63) is 102 Å². The number of nitrogens with one attached hydrogen (secondary N) is 1. The lowest BCUT2D eigenvalue weighted by Crippen LogP contribution is -2.33. The maximum Gasteiger partial charge on any atom is 0.194 e. The van der Waals surface area contributed by atoms with E-state index in [4.69, 9.17) is 33.8 Å². The smallest absolute Gasteiger partial charge is 0.194 e. The Bertz CT molecular complexity index is 1640. The van der Waals surface area contributed by atoms with Crippen molar-refractivity contribution in [3.8, 4) is 5.13 Å². The van der Waals surface area contributed by atoms with Crippen molar-refractivity contribution in [3.63, 3.8) is 0 Å². The van der Waals surface area contributed by atoms with Gasteiger partial charge in [0.25, 0.3) is 0 Å². The summed E-state index contributed by atoms with van der Waals surface area (Å²) in [5, 5.41) is 5.89. The Labute approximate surface area is 248 Å². The Morgan fingerprint density at radius 1 is 1.00 bits per heavy atom. The molecule has 3 aromatic heterocycles. The zero-order valence-electron chi connectivity index (χ0n) is 22.1. The van der Waals surface area contributed by atoms with Crippen molar-refractivity contribution in [2.45, 2.75) is 31.8 Å². The van der Waals surface area contributed by atoms with E-state index in [0.29, 0.717) is 5.11 Å². The SMILES string of the molecule is CC1CCN(c2ccc(N3C(=S)N[C@H](c4ccccn4)[C@@H]3c3cccn3-c3nc4ccccc4s3)cc2Cl)CC1. The van der Waals surface area contributed by atoms with Crippen LogP contribution in [-0.4, -0.2) is 32.7 Å². The average Bonchev–Trinajstić information content (AvgIpc) is 3.70. The molecule has 0 aliphatic carbocycles. The summed E-state index contributed by atoms with van der Waals surface area (Å²) in [6.45, 7) is 4.39. The van der Waals surface area contributed by atoms with Gasteiger partial charge in [-0.15, -0.1) is 0 Å². The molecule has 2 aliphatic heterocycles. The molecule has 5 aromatic rings. The van der Waals surface area contributed by atoms with Gasteiger partial charge in [-0.05, 0) is 85.6 Å². The van der Waals surface area contributed by atoms with Crippen LogP contribution >= 0.6 is 35.2 Å².